The van der Waals surface area contributed by atoms with Crippen molar-refractivity contribution in [1.82, 2.24) is 10.3 Å². The van der Waals surface area contributed by atoms with Crippen LogP contribution in [0.25, 0.3) is 10.2 Å². The van der Waals surface area contributed by atoms with Gasteiger partial charge in [-0.05, 0) is 44.0 Å². The third kappa shape index (κ3) is 2.31. The lowest BCUT2D eigenvalue weighted by Gasteiger charge is -2.09. The van der Waals surface area contributed by atoms with Gasteiger partial charge in [0.1, 0.15) is 0 Å². The van der Waals surface area contributed by atoms with Crippen molar-refractivity contribution in [3.63, 3.8) is 0 Å². The van der Waals surface area contributed by atoms with Crippen molar-refractivity contribution in [2.45, 2.75) is 25.2 Å². The number of anilines is 1. The second kappa shape index (κ2) is 4.82. The normalized spacial score (nSPS) is 22.3. The summed E-state index contributed by atoms with van der Waals surface area (Å²) in [6.45, 7) is 1.73. The Morgan fingerprint density at radius 1 is 1.35 bits per heavy atom. The maximum absolute atomic E-state index is 12.1. The van der Waals surface area contributed by atoms with Crippen LogP contribution in [0.2, 0.25) is 0 Å². The first-order valence-electron chi connectivity index (χ1n) is 7.22. The van der Waals surface area contributed by atoms with Crippen molar-refractivity contribution in [3.8, 4) is 0 Å². The zero-order valence-electron chi connectivity index (χ0n) is 11.2. The molecule has 1 aliphatic carbocycles. The Morgan fingerprint density at radius 2 is 2.25 bits per heavy atom. The molecule has 1 atom stereocenters. The molecule has 5 heteroatoms. The van der Waals surface area contributed by atoms with Crippen molar-refractivity contribution >= 4 is 33.1 Å². The largest absolute Gasteiger partial charge is 0.326 e. The average Bonchev–Trinajstić information content (AvgIpc) is 3.00. The summed E-state index contributed by atoms with van der Waals surface area (Å²) in [7, 11) is 0. The quantitative estimate of drug-likeness (QED) is 0.912. The van der Waals surface area contributed by atoms with Crippen LogP contribution in [0.4, 0.5) is 5.69 Å². The summed E-state index contributed by atoms with van der Waals surface area (Å²) in [5.41, 5.74) is 1.94. The highest BCUT2D eigenvalue weighted by Crippen LogP contribution is 2.43. The fraction of sp³-hybridized carbons (Fsp3) is 0.467. The van der Waals surface area contributed by atoms with Crippen LogP contribution >= 0.6 is 11.3 Å². The van der Waals surface area contributed by atoms with E-state index >= 15 is 0 Å². The number of hydrogen-bond acceptors (Lipinski definition) is 4. The summed E-state index contributed by atoms with van der Waals surface area (Å²) < 4.78 is 1.18. The molecule has 1 aromatic heterocycles. The molecular weight excluding hydrogens is 270 g/mol. The van der Waals surface area contributed by atoms with Crippen molar-refractivity contribution in [2.75, 3.05) is 18.4 Å². The van der Waals surface area contributed by atoms with Crippen LogP contribution in [0, 0.1) is 5.92 Å². The minimum absolute atomic E-state index is 0.106. The van der Waals surface area contributed by atoms with E-state index in [-0.39, 0.29) is 11.8 Å². The molecule has 0 radical (unpaired) electrons. The maximum atomic E-state index is 12.1. The Morgan fingerprint density at radius 3 is 3.00 bits per heavy atom. The lowest BCUT2D eigenvalue weighted by Crippen LogP contribution is -2.24. The number of hydrogen-bond donors (Lipinski definition) is 2. The summed E-state index contributed by atoms with van der Waals surface area (Å²) in [6.07, 6.45) is 3.48. The van der Waals surface area contributed by atoms with Gasteiger partial charge in [0, 0.05) is 18.2 Å². The predicted molar refractivity (Wildman–Crippen MR) is 81.2 cm³/mol. The molecule has 0 bridgehead atoms. The van der Waals surface area contributed by atoms with E-state index in [9.17, 15) is 4.79 Å². The van der Waals surface area contributed by atoms with Crippen LogP contribution in [0.1, 0.15) is 30.2 Å². The van der Waals surface area contributed by atoms with Gasteiger partial charge < -0.3 is 10.6 Å². The number of benzene rings is 1. The third-order valence-corrected chi connectivity index (χ3v) is 5.21. The Labute approximate surface area is 121 Å². The van der Waals surface area contributed by atoms with Gasteiger partial charge >= 0.3 is 0 Å². The topological polar surface area (TPSA) is 54.0 Å². The minimum Gasteiger partial charge on any atom is -0.326 e. The van der Waals surface area contributed by atoms with Gasteiger partial charge in [-0.15, -0.1) is 11.3 Å². The summed E-state index contributed by atoms with van der Waals surface area (Å²) in [6, 6.07) is 6.03. The van der Waals surface area contributed by atoms with Gasteiger partial charge in [0.05, 0.1) is 21.1 Å². The number of carbonyl (C=O) groups is 1. The van der Waals surface area contributed by atoms with Crippen LogP contribution in [0.3, 0.4) is 0 Å². The molecular formula is C15H17N3OS. The Bertz CT molecular complexity index is 656. The number of aromatic nitrogens is 1. The first kappa shape index (κ1) is 12.3. The molecule has 1 amide bonds. The van der Waals surface area contributed by atoms with E-state index in [0.29, 0.717) is 5.92 Å². The zero-order valence-corrected chi connectivity index (χ0v) is 12.0. The number of rotatable bonds is 3. The number of nitrogens with one attached hydrogen (secondary N) is 2. The van der Waals surface area contributed by atoms with Gasteiger partial charge in [-0.3, -0.25) is 4.79 Å². The lowest BCUT2D eigenvalue weighted by molar-refractivity contribution is -0.119. The fourth-order valence-electron chi connectivity index (χ4n) is 2.65. The van der Waals surface area contributed by atoms with Crippen LogP contribution in [-0.2, 0) is 4.79 Å². The van der Waals surface area contributed by atoms with Crippen LogP contribution < -0.4 is 10.6 Å². The molecule has 4 rings (SSSR count). The van der Waals surface area contributed by atoms with Gasteiger partial charge in [0.25, 0.3) is 0 Å². The summed E-state index contributed by atoms with van der Waals surface area (Å²) in [5, 5.41) is 7.51. The second-order valence-electron chi connectivity index (χ2n) is 5.69. The standard InChI is InChI=1S/C15H17N3OS/c19-14(10-5-6-16-8-10)17-11-3-4-12-13(7-11)20-15(18-12)9-1-2-9/h3-4,7,9-10,16H,1-2,5-6,8H2,(H,17,19). The van der Waals surface area contributed by atoms with Gasteiger partial charge in [-0.2, -0.15) is 0 Å². The maximum Gasteiger partial charge on any atom is 0.228 e. The zero-order chi connectivity index (χ0) is 13.5. The molecule has 104 valence electrons. The highest BCUT2D eigenvalue weighted by atomic mass is 32.1. The van der Waals surface area contributed by atoms with E-state index in [0.717, 1.165) is 30.7 Å². The lowest BCUT2D eigenvalue weighted by atomic mass is 10.1. The molecule has 0 spiro atoms. The highest BCUT2D eigenvalue weighted by molar-refractivity contribution is 7.18. The van der Waals surface area contributed by atoms with E-state index in [1.807, 2.05) is 12.1 Å². The monoisotopic (exact) mass is 287 g/mol. The van der Waals surface area contributed by atoms with Crippen LogP contribution in [0.15, 0.2) is 18.2 Å². The van der Waals surface area contributed by atoms with Gasteiger partial charge in [0.15, 0.2) is 0 Å². The molecule has 1 unspecified atom stereocenters. The Balaban J connectivity index is 1.55. The third-order valence-electron chi connectivity index (χ3n) is 4.03. The molecule has 1 aromatic carbocycles. The number of fused-ring (bicyclic) bond motifs is 1. The molecule has 4 nitrogen and oxygen atoms in total. The molecule has 2 aromatic rings. The summed E-state index contributed by atoms with van der Waals surface area (Å²) in [5.74, 6) is 0.922. The van der Waals surface area contributed by atoms with Gasteiger partial charge in [-0.25, -0.2) is 4.98 Å². The molecule has 1 saturated carbocycles. The van der Waals surface area contributed by atoms with E-state index in [2.05, 4.69) is 21.7 Å². The van der Waals surface area contributed by atoms with Crippen LogP contribution in [0.5, 0.6) is 0 Å². The van der Waals surface area contributed by atoms with Crippen molar-refractivity contribution in [1.29, 1.82) is 0 Å². The Hall–Kier alpha value is -1.46. The molecule has 20 heavy (non-hydrogen) atoms. The SMILES string of the molecule is O=C(Nc1ccc2nc(C3CC3)sc2c1)C1CCNC1. The van der Waals surface area contributed by atoms with E-state index in [1.165, 1.54) is 22.5 Å². The number of carbonyl (C=O) groups excluding carboxylic acids is 1. The summed E-state index contributed by atoms with van der Waals surface area (Å²) in [4.78, 5) is 16.8. The van der Waals surface area contributed by atoms with Crippen molar-refractivity contribution in [2.24, 2.45) is 5.92 Å². The molecule has 1 saturated heterocycles. The van der Waals surface area contributed by atoms with Gasteiger partial charge in [-0.1, -0.05) is 0 Å². The highest BCUT2D eigenvalue weighted by Gasteiger charge is 2.27. The summed E-state index contributed by atoms with van der Waals surface area (Å²) >= 11 is 1.77. The van der Waals surface area contributed by atoms with Crippen molar-refractivity contribution in [3.05, 3.63) is 23.2 Å². The number of nitrogens with zero attached hydrogens (tertiary/aromatic N) is 1. The number of amides is 1. The second-order valence-corrected chi connectivity index (χ2v) is 6.75. The molecule has 2 N–H and O–H groups in total. The first-order valence-corrected chi connectivity index (χ1v) is 8.03. The Kier molecular flexibility index (Phi) is 2.97. The predicted octanol–water partition coefficient (Wildman–Crippen LogP) is 2.72. The molecule has 2 fully saturated rings. The minimum atomic E-state index is 0.106. The fourth-order valence-corrected chi connectivity index (χ4v) is 3.82. The van der Waals surface area contributed by atoms with Gasteiger partial charge in [0.2, 0.25) is 5.91 Å². The smallest absolute Gasteiger partial charge is 0.228 e. The molecule has 1 aliphatic heterocycles. The van der Waals surface area contributed by atoms with E-state index in [1.54, 1.807) is 11.3 Å². The van der Waals surface area contributed by atoms with E-state index in [4.69, 9.17) is 0 Å². The molecule has 2 heterocycles. The van der Waals surface area contributed by atoms with Crippen molar-refractivity contribution < 1.29 is 4.79 Å². The number of thiazole rings is 1. The van der Waals surface area contributed by atoms with E-state index < -0.39 is 0 Å². The van der Waals surface area contributed by atoms with Crippen LogP contribution in [-0.4, -0.2) is 24.0 Å². The first-order chi connectivity index (χ1) is 9.79. The molecule has 2 aliphatic rings. The average molecular weight is 287 g/mol.